The molecule has 2 aliphatic carbocycles. The van der Waals surface area contributed by atoms with Gasteiger partial charge in [-0.2, -0.15) is 0 Å². The molecule has 0 bridgehead atoms. The molecule has 158 valence electrons. The molecule has 2 aliphatic rings. The predicted octanol–water partition coefficient (Wildman–Crippen LogP) is 7.61. The number of aryl methyl sites for hydroxylation is 1. The molecule has 0 amide bonds. The number of hydrogen-bond donors (Lipinski definition) is 0. The van der Waals surface area contributed by atoms with Crippen molar-refractivity contribution >= 4 is 0 Å². The van der Waals surface area contributed by atoms with Crippen molar-refractivity contribution in [3.05, 3.63) is 24.0 Å². The first kappa shape index (κ1) is 21.7. The Bertz CT molecular complexity index is 524. The quantitative estimate of drug-likeness (QED) is 0.413. The zero-order chi connectivity index (χ0) is 19.6. The van der Waals surface area contributed by atoms with Gasteiger partial charge >= 0.3 is 0 Å². The van der Waals surface area contributed by atoms with E-state index in [1.807, 2.05) is 13.1 Å². The molecule has 0 unspecified atom stereocenters. The molecule has 0 N–H and O–H groups in total. The van der Waals surface area contributed by atoms with Crippen LogP contribution < -0.4 is 4.74 Å². The molecular formula is C26H43NO. The van der Waals surface area contributed by atoms with Crippen LogP contribution in [0.5, 0.6) is 5.75 Å². The van der Waals surface area contributed by atoms with Crippen LogP contribution in [0.3, 0.4) is 0 Å². The van der Waals surface area contributed by atoms with Gasteiger partial charge in [0.15, 0.2) is 0 Å². The monoisotopic (exact) mass is 385 g/mol. The maximum absolute atomic E-state index is 5.49. The second-order valence-corrected chi connectivity index (χ2v) is 9.60. The van der Waals surface area contributed by atoms with Gasteiger partial charge in [-0.05, 0) is 55.6 Å². The molecule has 1 aromatic heterocycles. The molecule has 3 rings (SSSR count). The van der Waals surface area contributed by atoms with Crippen LogP contribution in [0.15, 0.2) is 18.3 Å². The van der Waals surface area contributed by atoms with Crippen molar-refractivity contribution < 1.29 is 4.74 Å². The molecule has 0 saturated heterocycles. The molecule has 0 aliphatic heterocycles. The molecule has 0 radical (unpaired) electrons. The summed E-state index contributed by atoms with van der Waals surface area (Å²) in [6.07, 6.45) is 22.1. The third-order valence-electron chi connectivity index (χ3n) is 7.53. The van der Waals surface area contributed by atoms with Crippen LogP contribution in [0.4, 0.5) is 0 Å². The molecule has 0 aromatic carbocycles. The Labute approximate surface area is 173 Å². The fraction of sp³-hybridized carbons (Fsp3) is 0.808. The minimum atomic E-state index is 0.713. The second kappa shape index (κ2) is 11.8. The van der Waals surface area contributed by atoms with Gasteiger partial charge in [-0.15, -0.1) is 0 Å². The van der Waals surface area contributed by atoms with E-state index in [-0.39, 0.29) is 0 Å². The van der Waals surface area contributed by atoms with E-state index in [4.69, 9.17) is 4.74 Å². The van der Waals surface area contributed by atoms with Gasteiger partial charge in [-0.25, -0.2) is 0 Å². The first-order chi connectivity index (χ1) is 13.8. The van der Waals surface area contributed by atoms with Crippen LogP contribution >= 0.6 is 0 Å². The summed E-state index contributed by atoms with van der Waals surface area (Å²) in [4.78, 5) is 4.57. The van der Waals surface area contributed by atoms with Crippen molar-refractivity contribution in [2.75, 3.05) is 6.61 Å². The molecule has 0 atom stereocenters. The lowest BCUT2D eigenvalue weighted by Gasteiger charge is -2.32. The Morgan fingerprint density at radius 3 is 1.75 bits per heavy atom. The summed E-state index contributed by atoms with van der Waals surface area (Å²) in [5, 5.41) is 0. The Morgan fingerprint density at radius 2 is 1.29 bits per heavy atom. The first-order valence-electron chi connectivity index (χ1n) is 12.3. The van der Waals surface area contributed by atoms with Gasteiger partial charge in [0, 0.05) is 5.69 Å². The lowest BCUT2D eigenvalue weighted by atomic mass is 9.74. The third kappa shape index (κ3) is 7.08. The minimum absolute atomic E-state index is 0.713. The van der Waals surface area contributed by atoms with Gasteiger partial charge in [-0.1, -0.05) is 84.0 Å². The summed E-state index contributed by atoms with van der Waals surface area (Å²) in [5.74, 6) is 4.95. The first-order valence-corrected chi connectivity index (χ1v) is 12.3. The van der Waals surface area contributed by atoms with Crippen molar-refractivity contribution in [2.24, 2.45) is 23.7 Å². The molecular weight excluding hydrogens is 342 g/mol. The third-order valence-corrected chi connectivity index (χ3v) is 7.53. The highest BCUT2D eigenvalue weighted by molar-refractivity contribution is 5.19. The summed E-state index contributed by atoms with van der Waals surface area (Å²) in [5.41, 5.74) is 1.23. The van der Waals surface area contributed by atoms with Crippen molar-refractivity contribution in [3.8, 4) is 5.75 Å². The Balaban J connectivity index is 1.27. The van der Waals surface area contributed by atoms with Crippen LogP contribution in [0.1, 0.15) is 103 Å². The number of rotatable bonds is 10. The predicted molar refractivity (Wildman–Crippen MR) is 119 cm³/mol. The zero-order valence-corrected chi connectivity index (χ0v) is 18.5. The van der Waals surface area contributed by atoms with Gasteiger partial charge in [0.1, 0.15) is 5.75 Å². The summed E-state index contributed by atoms with van der Waals surface area (Å²) in [6.45, 7) is 5.07. The Kier molecular flexibility index (Phi) is 9.15. The van der Waals surface area contributed by atoms with Gasteiger partial charge in [-0.3, -0.25) is 4.98 Å². The van der Waals surface area contributed by atoms with Crippen molar-refractivity contribution in [3.63, 3.8) is 0 Å². The maximum Gasteiger partial charge on any atom is 0.137 e. The lowest BCUT2D eigenvalue weighted by Crippen LogP contribution is -2.18. The second-order valence-electron chi connectivity index (χ2n) is 9.60. The van der Waals surface area contributed by atoms with E-state index in [0.717, 1.165) is 35.8 Å². The molecule has 1 aromatic rings. The highest BCUT2D eigenvalue weighted by Crippen LogP contribution is 2.38. The van der Waals surface area contributed by atoms with Gasteiger partial charge in [0.25, 0.3) is 0 Å². The number of pyridine rings is 1. The summed E-state index contributed by atoms with van der Waals surface area (Å²) in [6, 6.07) is 4.21. The normalized spacial score (nSPS) is 28.2. The van der Waals surface area contributed by atoms with Gasteiger partial charge in [0.2, 0.25) is 0 Å². The number of aromatic nitrogens is 1. The van der Waals surface area contributed by atoms with Crippen LogP contribution in [0.2, 0.25) is 0 Å². The van der Waals surface area contributed by atoms with E-state index < -0.39 is 0 Å². The topological polar surface area (TPSA) is 22.1 Å². The summed E-state index contributed by atoms with van der Waals surface area (Å²) >= 11 is 0. The summed E-state index contributed by atoms with van der Waals surface area (Å²) in [7, 11) is 0. The highest BCUT2D eigenvalue weighted by Gasteiger charge is 2.24. The Hall–Kier alpha value is -1.05. The number of hydrogen-bond acceptors (Lipinski definition) is 2. The van der Waals surface area contributed by atoms with Gasteiger partial charge in [0.05, 0.1) is 12.8 Å². The molecule has 1 heterocycles. The van der Waals surface area contributed by atoms with Crippen molar-refractivity contribution in [1.82, 2.24) is 4.98 Å². The van der Waals surface area contributed by atoms with E-state index in [9.17, 15) is 0 Å². The smallest absolute Gasteiger partial charge is 0.137 e. The molecule has 2 saturated carbocycles. The standard InChI is InChI=1S/C26H43NO/c1-3-5-21-6-8-22(9-7-21)10-11-23-12-14-24(15-13-23)16-17-25-18-19-26(20-27-25)28-4-2/h18-24H,3-17H2,1-2H3/t21-,22-,23?,24?. The largest absolute Gasteiger partial charge is 0.492 e. The molecule has 28 heavy (non-hydrogen) atoms. The average Bonchev–Trinajstić information content (AvgIpc) is 2.74. The van der Waals surface area contributed by atoms with E-state index in [1.165, 1.54) is 89.2 Å². The van der Waals surface area contributed by atoms with Crippen molar-refractivity contribution in [2.45, 2.75) is 104 Å². The van der Waals surface area contributed by atoms with Gasteiger partial charge < -0.3 is 4.74 Å². The SMILES string of the molecule is CCC[C@H]1CC[C@H](CCC2CCC(CCc3ccc(OCC)cn3)CC2)CC1. The maximum atomic E-state index is 5.49. The fourth-order valence-corrected chi connectivity index (χ4v) is 5.66. The Morgan fingerprint density at radius 1 is 0.750 bits per heavy atom. The molecule has 0 spiro atoms. The van der Waals surface area contributed by atoms with E-state index >= 15 is 0 Å². The summed E-state index contributed by atoms with van der Waals surface area (Å²) < 4.78 is 5.49. The van der Waals surface area contributed by atoms with Crippen LogP contribution in [-0.4, -0.2) is 11.6 Å². The minimum Gasteiger partial charge on any atom is -0.492 e. The number of ether oxygens (including phenoxy) is 1. The molecule has 2 fully saturated rings. The number of nitrogens with zero attached hydrogens (tertiary/aromatic N) is 1. The van der Waals surface area contributed by atoms with E-state index in [1.54, 1.807) is 0 Å². The van der Waals surface area contributed by atoms with E-state index in [0.29, 0.717) is 6.61 Å². The lowest BCUT2D eigenvalue weighted by molar-refractivity contribution is 0.209. The average molecular weight is 386 g/mol. The van der Waals surface area contributed by atoms with Crippen molar-refractivity contribution in [1.29, 1.82) is 0 Å². The van der Waals surface area contributed by atoms with Crippen LogP contribution in [0.25, 0.3) is 0 Å². The van der Waals surface area contributed by atoms with Crippen LogP contribution in [0, 0.1) is 23.7 Å². The molecule has 2 heteroatoms. The fourth-order valence-electron chi connectivity index (χ4n) is 5.66. The van der Waals surface area contributed by atoms with E-state index in [2.05, 4.69) is 24.0 Å². The zero-order valence-electron chi connectivity index (χ0n) is 18.5. The highest BCUT2D eigenvalue weighted by atomic mass is 16.5. The van der Waals surface area contributed by atoms with Crippen LogP contribution in [-0.2, 0) is 6.42 Å². The molecule has 2 nitrogen and oxygen atoms in total.